The third kappa shape index (κ3) is 3.44. The lowest BCUT2D eigenvalue weighted by Crippen LogP contribution is -2.48. The standard InChI is InChI=1S/C17H21N3O2S/c1-2-19-11-13-20(14-12-19)23(21,22)17-5-3-15(4-6-17)16-7-9-18-10-8-16/h3-10H,2,11-14H2,1H3. The van der Waals surface area contributed by atoms with Crippen molar-refractivity contribution in [3.63, 3.8) is 0 Å². The molecule has 0 radical (unpaired) electrons. The Morgan fingerprint density at radius 3 is 2.04 bits per heavy atom. The number of hydrogen-bond donors (Lipinski definition) is 0. The second kappa shape index (κ2) is 6.78. The van der Waals surface area contributed by atoms with Crippen LogP contribution in [-0.4, -0.2) is 55.3 Å². The zero-order chi connectivity index (χ0) is 16.3. The third-order valence-electron chi connectivity index (χ3n) is 4.28. The van der Waals surface area contributed by atoms with E-state index in [4.69, 9.17) is 0 Å². The number of piperazine rings is 1. The van der Waals surface area contributed by atoms with Gasteiger partial charge in [-0.1, -0.05) is 19.1 Å². The highest BCUT2D eigenvalue weighted by Gasteiger charge is 2.27. The van der Waals surface area contributed by atoms with Crippen molar-refractivity contribution in [3.05, 3.63) is 48.8 Å². The summed E-state index contributed by atoms with van der Waals surface area (Å²) in [5.74, 6) is 0. The fourth-order valence-corrected chi connectivity index (χ4v) is 4.22. The first-order valence-electron chi connectivity index (χ1n) is 7.84. The highest BCUT2D eigenvalue weighted by Crippen LogP contribution is 2.23. The van der Waals surface area contributed by atoms with Gasteiger partial charge in [0.25, 0.3) is 0 Å². The molecule has 2 heterocycles. The van der Waals surface area contributed by atoms with Gasteiger partial charge in [0.1, 0.15) is 0 Å². The van der Waals surface area contributed by atoms with Gasteiger partial charge in [0.2, 0.25) is 10.0 Å². The zero-order valence-corrected chi connectivity index (χ0v) is 14.0. The Bertz CT molecular complexity index is 737. The molecule has 1 saturated heterocycles. The van der Waals surface area contributed by atoms with Crippen LogP contribution in [0.2, 0.25) is 0 Å². The number of rotatable bonds is 4. The van der Waals surface area contributed by atoms with Crippen molar-refractivity contribution in [1.82, 2.24) is 14.2 Å². The lowest BCUT2D eigenvalue weighted by molar-refractivity contribution is 0.196. The molecule has 0 N–H and O–H groups in total. The molecule has 1 aromatic heterocycles. The topological polar surface area (TPSA) is 53.5 Å². The van der Waals surface area contributed by atoms with Gasteiger partial charge in [-0.3, -0.25) is 4.98 Å². The van der Waals surface area contributed by atoms with Gasteiger partial charge in [-0.25, -0.2) is 8.42 Å². The summed E-state index contributed by atoms with van der Waals surface area (Å²) in [5, 5.41) is 0. The zero-order valence-electron chi connectivity index (χ0n) is 13.2. The van der Waals surface area contributed by atoms with E-state index in [0.717, 1.165) is 30.8 Å². The van der Waals surface area contributed by atoms with Gasteiger partial charge in [0.05, 0.1) is 4.90 Å². The summed E-state index contributed by atoms with van der Waals surface area (Å²) in [6.45, 7) is 5.77. The van der Waals surface area contributed by atoms with Crippen LogP contribution < -0.4 is 0 Å². The first-order valence-corrected chi connectivity index (χ1v) is 9.28. The summed E-state index contributed by atoms with van der Waals surface area (Å²) >= 11 is 0. The fraction of sp³-hybridized carbons (Fsp3) is 0.353. The molecule has 1 aliphatic rings. The SMILES string of the molecule is CCN1CCN(S(=O)(=O)c2ccc(-c3ccncc3)cc2)CC1. The van der Waals surface area contributed by atoms with E-state index in [2.05, 4.69) is 16.8 Å². The van der Waals surface area contributed by atoms with Crippen LogP contribution in [0.25, 0.3) is 11.1 Å². The minimum Gasteiger partial charge on any atom is -0.301 e. The molecule has 3 rings (SSSR count). The summed E-state index contributed by atoms with van der Waals surface area (Å²) < 4.78 is 27.0. The molecule has 0 atom stereocenters. The van der Waals surface area contributed by atoms with E-state index in [1.54, 1.807) is 28.8 Å². The van der Waals surface area contributed by atoms with Crippen LogP contribution in [0.5, 0.6) is 0 Å². The smallest absolute Gasteiger partial charge is 0.243 e. The van der Waals surface area contributed by atoms with Crippen LogP contribution in [0.1, 0.15) is 6.92 Å². The van der Waals surface area contributed by atoms with Gasteiger partial charge in [-0.05, 0) is 41.9 Å². The average Bonchev–Trinajstić information content (AvgIpc) is 2.62. The molecule has 0 bridgehead atoms. The monoisotopic (exact) mass is 331 g/mol. The summed E-state index contributed by atoms with van der Waals surface area (Å²) in [4.78, 5) is 6.62. The molecule has 0 spiro atoms. The van der Waals surface area contributed by atoms with Crippen molar-refractivity contribution in [2.75, 3.05) is 32.7 Å². The van der Waals surface area contributed by atoms with Crippen molar-refractivity contribution < 1.29 is 8.42 Å². The summed E-state index contributed by atoms with van der Waals surface area (Å²) in [6.07, 6.45) is 3.46. The Hall–Kier alpha value is -1.76. The van der Waals surface area contributed by atoms with E-state index < -0.39 is 10.0 Å². The minimum absolute atomic E-state index is 0.361. The number of benzene rings is 1. The van der Waals surface area contributed by atoms with Gasteiger partial charge < -0.3 is 4.90 Å². The van der Waals surface area contributed by atoms with Crippen LogP contribution >= 0.6 is 0 Å². The molecule has 1 fully saturated rings. The van der Waals surface area contributed by atoms with E-state index in [9.17, 15) is 8.42 Å². The van der Waals surface area contributed by atoms with Crippen molar-refractivity contribution in [2.45, 2.75) is 11.8 Å². The maximum atomic E-state index is 12.7. The predicted molar refractivity (Wildman–Crippen MR) is 90.5 cm³/mol. The molecule has 1 aromatic carbocycles. The lowest BCUT2D eigenvalue weighted by Gasteiger charge is -2.33. The van der Waals surface area contributed by atoms with Crippen LogP contribution in [0.15, 0.2) is 53.7 Å². The number of nitrogens with zero attached hydrogens (tertiary/aromatic N) is 3. The van der Waals surface area contributed by atoms with Crippen molar-refractivity contribution in [1.29, 1.82) is 0 Å². The maximum Gasteiger partial charge on any atom is 0.243 e. The van der Waals surface area contributed by atoms with Gasteiger partial charge in [-0.15, -0.1) is 0 Å². The number of pyridine rings is 1. The van der Waals surface area contributed by atoms with E-state index in [1.165, 1.54) is 0 Å². The van der Waals surface area contributed by atoms with Crippen molar-refractivity contribution >= 4 is 10.0 Å². The molecule has 2 aromatic rings. The summed E-state index contributed by atoms with van der Waals surface area (Å²) in [7, 11) is -3.40. The second-order valence-corrected chi connectivity index (χ2v) is 7.54. The highest BCUT2D eigenvalue weighted by atomic mass is 32.2. The lowest BCUT2D eigenvalue weighted by atomic mass is 10.1. The molecule has 5 nitrogen and oxygen atoms in total. The van der Waals surface area contributed by atoms with Gasteiger partial charge in [0.15, 0.2) is 0 Å². The van der Waals surface area contributed by atoms with Crippen molar-refractivity contribution in [3.8, 4) is 11.1 Å². The molecule has 0 amide bonds. The molecular weight excluding hydrogens is 310 g/mol. The highest BCUT2D eigenvalue weighted by molar-refractivity contribution is 7.89. The van der Waals surface area contributed by atoms with Crippen LogP contribution in [-0.2, 0) is 10.0 Å². The average molecular weight is 331 g/mol. The molecule has 0 saturated carbocycles. The van der Waals surface area contributed by atoms with Crippen LogP contribution in [0, 0.1) is 0 Å². The minimum atomic E-state index is -3.40. The van der Waals surface area contributed by atoms with E-state index in [1.807, 2.05) is 24.3 Å². The Balaban J connectivity index is 1.79. The number of aromatic nitrogens is 1. The van der Waals surface area contributed by atoms with Crippen LogP contribution in [0.4, 0.5) is 0 Å². The maximum absolute atomic E-state index is 12.7. The molecule has 23 heavy (non-hydrogen) atoms. The third-order valence-corrected chi connectivity index (χ3v) is 6.20. The summed E-state index contributed by atoms with van der Waals surface area (Å²) in [5.41, 5.74) is 2.02. The number of hydrogen-bond acceptors (Lipinski definition) is 4. The van der Waals surface area contributed by atoms with E-state index in [-0.39, 0.29) is 0 Å². The second-order valence-electron chi connectivity index (χ2n) is 5.60. The van der Waals surface area contributed by atoms with Gasteiger partial charge >= 0.3 is 0 Å². The van der Waals surface area contributed by atoms with E-state index >= 15 is 0 Å². The predicted octanol–water partition coefficient (Wildman–Crippen LogP) is 2.07. The van der Waals surface area contributed by atoms with Gasteiger partial charge in [-0.2, -0.15) is 4.31 Å². The Labute approximate surface area is 137 Å². The summed E-state index contributed by atoms with van der Waals surface area (Å²) in [6, 6.07) is 10.9. The van der Waals surface area contributed by atoms with Gasteiger partial charge in [0, 0.05) is 38.6 Å². The number of sulfonamides is 1. The molecule has 122 valence electrons. The van der Waals surface area contributed by atoms with Crippen molar-refractivity contribution in [2.24, 2.45) is 0 Å². The number of likely N-dealkylation sites (N-methyl/N-ethyl adjacent to an activating group) is 1. The first kappa shape index (κ1) is 16.1. The Morgan fingerprint density at radius 1 is 0.913 bits per heavy atom. The van der Waals surface area contributed by atoms with Crippen LogP contribution in [0.3, 0.4) is 0 Å². The fourth-order valence-electron chi connectivity index (χ4n) is 2.80. The molecule has 0 unspecified atom stereocenters. The molecule has 0 aliphatic carbocycles. The quantitative estimate of drug-likeness (QED) is 0.861. The first-order chi connectivity index (χ1) is 11.1. The molecular formula is C17H21N3O2S. The Morgan fingerprint density at radius 2 is 1.48 bits per heavy atom. The van der Waals surface area contributed by atoms with E-state index in [0.29, 0.717) is 18.0 Å². The molecule has 1 aliphatic heterocycles. The largest absolute Gasteiger partial charge is 0.301 e. The Kier molecular flexibility index (Phi) is 4.75. The normalized spacial score (nSPS) is 17.3. The molecule has 6 heteroatoms.